The number of rotatable bonds is 7. The number of nitrogens with one attached hydrogen (secondary N) is 1. The van der Waals surface area contributed by atoms with Crippen LogP contribution < -0.4 is 10.2 Å². The van der Waals surface area contributed by atoms with Crippen molar-refractivity contribution in [2.45, 2.75) is 19.9 Å². The summed E-state index contributed by atoms with van der Waals surface area (Å²) in [5, 5.41) is 12.3. The highest BCUT2D eigenvalue weighted by molar-refractivity contribution is 5.54. The molecule has 0 bridgehead atoms. The van der Waals surface area contributed by atoms with Crippen LogP contribution in [0.3, 0.4) is 0 Å². The number of hydrogen-bond donors (Lipinski definition) is 2. The maximum Gasteiger partial charge on any atom is 0.123 e. The molecule has 0 unspecified atom stereocenters. The molecule has 0 aliphatic carbocycles. The fraction of sp³-hybridized carbons (Fsp3) is 0.375. The summed E-state index contributed by atoms with van der Waals surface area (Å²) in [4.78, 5) is 2.02. The fourth-order valence-corrected chi connectivity index (χ4v) is 2.01. The second-order valence-corrected chi connectivity index (χ2v) is 4.77. The van der Waals surface area contributed by atoms with Crippen LogP contribution >= 0.6 is 0 Å². The molecule has 4 nitrogen and oxygen atoms in total. The summed E-state index contributed by atoms with van der Waals surface area (Å²) in [6, 6.07) is 12.2. The minimum atomic E-state index is 0.161. The van der Waals surface area contributed by atoms with Crippen LogP contribution in [0, 0.1) is 0 Å². The maximum absolute atomic E-state index is 8.92. The van der Waals surface area contributed by atoms with E-state index in [1.165, 1.54) is 0 Å². The molecule has 2 rings (SSSR count). The monoisotopic (exact) mass is 274 g/mol. The third kappa shape index (κ3) is 3.78. The number of aliphatic hydroxyl groups is 1. The Morgan fingerprint density at radius 2 is 1.80 bits per heavy atom. The molecule has 2 aromatic rings. The van der Waals surface area contributed by atoms with Crippen molar-refractivity contribution in [3.8, 4) is 0 Å². The van der Waals surface area contributed by atoms with Gasteiger partial charge < -0.3 is 19.7 Å². The van der Waals surface area contributed by atoms with Gasteiger partial charge in [-0.05, 0) is 36.4 Å². The van der Waals surface area contributed by atoms with Gasteiger partial charge in [0.15, 0.2) is 0 Å². The van der Waals surface area contributed by atoms with E-state index in [2.05, 4.69) is 12.2 Å². The van der Waals surface area contributed by atoms with Gasteiger partial charge in [0, 0.05) is 31.4 Å². The van der Waals surface area contributed by atoms with Crippen molar-refractivity contribution in [1.82, 2.24) is 0 Å². The molecule has 0 spiro atoms. The van der Waals surface area contributed by atoms with Gasteiger partial charge in [0.1, 0.15) is 11.5 Å². The van der Waals surface area contributed by atoms with Gasteiger partial charge >= 0.3 is 0 Å². The molecule has 1 aromatic carbocycles. The van der Waals surface area contributed by atoms with Crippen molar-refractivity contribution in [2.24, 2.45) is 0 Å². The van der Waals surface area contributed by atoms with Gasteiger partial charge in [0.2, 0.25) is 0 Å². The van der Waals surface area contributed by atoms with E-state index in [9.17, 15) is 0 Å². The number of aryl methyl sites for hydroxylation is 1. The zero-order valence-corrected chi connectivity index (χ0v) is 12.1. The van der Waals surface area contributed by atoms with E-state index in [0.717, 1.165) is 29.3 Å². The second-order valence-electron chi connectivity index (χ2n) is 4.77. The second kappa shape index (κ2) is 7.01. The Hall–Kier alpha value is -1.94. The van der Waals surface area contributed by atoms with Gasteiger partial charge in [-0.15, -0.1) is 0 Å². The van der Waals surface area contributed by atoms with Crippen molar-refractivity contribution >= 4 is 11.4 Å². The molecule has 1 aromatic heterocycles. The first-order chi connectivity index (χ1) is 9.72. The van der Waals surface area contributed by atoms with E-state index in [4.69, 9.17) is 9.52 Å². The van der Waals surface area contributed by atoms with Gasteiger partial charge in [-0.25, -0.2) is 0 Å². The first-order valence-electron chi connectivity index (χ1n) is 6.96. The van der Waals surface area contributed by atoms with Gasteiger partial charge in [-0.2, -0.15) is 0 Å². The molecule has 0 radical (unpaired) electrons. The third-order valence-electron chi connectivity index (χ3n) is 3.28. The molecule has 0 amide bonds. The molecule has 0 aliphatic rings. The van der Waals surface area contributed by atoms with E-state index in [1.54, 1.807) is 0 Å². The van der Waals surface area contributed by atoms with E-state index in [-0.39, 0.29) is 6.61 Å². The van der Waals surface area contributed by atoms with E-state index >= 15 is 0 Å². The quantitative estimate of drug-likeness (QED) is 0.815. The lowest BCUT2D eigenvalue weighted by Crippen LogP contribution is -2.20. The number of nitrogens with zero attached hydrogens (tertiary/aromatic N) is 1. The Morgan fingerprint density at radius 3 is 2.40 bits per heavy atom. The number of aliphatic hydroxyl groups excluding tert-OH is 1. The summed E-state index contributed by atoms with van der Waals surface area (Å²) in [7, 11) is 1.97. The summed E-state index contributed by atoms with van der Waals surface area (Å²) in [5.74, 6) is 1.96. The van der Waals surface area contributed by atoms with Crippen molar-refractivity contribution in [3.05, 3.63) is 47.9 Å². The van der Waals surface area contributed by atoms with Crippen LogP contribution in [0.25, 0.3) is 0 Å². The molecule has 20 heavy (non-hydrogen) atoms. The lowest BCUT2D eigenvalue weighted by molar-refractivity contribution is 0.304. The van der Waals surface area contributed by atoms with Crippen molar-refractivity contribution in [3.63, 3.8) is 0 Å². The molecule has 0 aliphatic heterocycles. The molecule has 1 heterocycles. The highest BCUT2D eigenvalue weighted by Crippen LogP contribution is 2.17. The first kappa shape index (κ1) is 14.5. The zero-order valence-electron chi connectivity index (χ0n) is 12.1. The lowest BCUT2D eigenvalue weighted by Gasteiger charge is -2.18. The predicted octanol–water partition coefficient (Wildman–Crippen LogP) is 2.88. The molecule has 4 heteroatoms. The van der Waals surface area contributed by atoms with Crippen molar-refractivity contribution in [1.29, 1.82) is 0 Å². The molecule has 0 fully saturated rings. The number of anilines is 2. The van der Waals surface area contributed by atoms with Crippen LogP contribution in [0.2, 0.25) is 0 Å². The summed E-state index contributed by atoms with van der Waals surface area (Å²) in [6.45, 7) is 3.57. The summed E-state index contributed by atoms with van der Waals surface area (Å²) < 4.78 is 5.65. The van der Waals surface area contributed by atoms with Crippen LogP contribution in [0.1, 0.15) is 18.4 Å². The number of benzene rings is 1. The zero-order chi connectivity index (χ0) is 14.4. The first-order valence-corrected chi connectivity index (χ1v) is 6.96. The van der Waals surface area contributed by atoms with Gasteiger partial charge in [0.25, 0.3) is 0 Å². The number of hydrogen-bond acceptors (Lipinski definition) is 4. The van der Waals surface area contributed by atoms with Gasteiger partial charge in [-0.1, -0.05) is 6.92 Å². The summed E-state index contributed by atoms with van der Waals surface area (Å²) >= 11 is 0. The molecular formula is C16H22N2O2. The number of likely N-dealkylation sites (N-methyl/N-ethyl adjacent to an activating group) is 1. The highest BCUT2D eigenvalue weighted by atomic mass is 16.3. The Bertz CT molecular complexity index is 520. The maximum atomic E-state index is 8.92. The van der Waals surface area contributed by atoms with Crippen molar-refractivity contribution < 1.29 is 9.52 Å². The standard InChI is InChI=1S/C16H22N2O2/c1-3-15-8-9-16(20-15)12-17-13-4-6-14(7-5-13)18(2)10-11-19/h4-9,17,19H,3,10-12H2,1-2H3. The minimum Gasteiger partial charge on any atom is -0.464 e. The summed E-state index contributed by atoms with van der Waals surface area (Å²) in [5.41, 5.74) is 2.15. The van der Waals surface area contributed by atoms with Gasteiger partial charge in [-0.3, -0.25) is 0 Å². The lowest BCUT2D eigenvalue weighted by atomic mass is 10.2. The van der Waals surface area contributed by atoms with E-state index in [0.29, 0.717) is 13.1 Å². The third-order valence-corrected chi connectivity index (χ3v) is 3.28. The molecule has 0 saturated carbocycles. The molecule has 108 valence electrons. The molecule has 0 atom stereocenters. The highest BCUT2D eigenvalue weighted by Gasteiger charge is 2.02. The topological polar surface area (TPSA) is 48.6 Å². The average molecular weight is 274 g/mol. The Balaban J connectivity index is 1.90. The molecule has 0 saturated heterocycles. The fourth-order valence-electron chi connectivity index (χ4n) is 2.01. The van der Waals surface area contributed by atoms with Crippen LogP contribution in [0.4, 0.5) is 11.4 Å². The van der Waals surface area contributed by atoms with Gasteiger partial charge in [0.05, 0.1) is 13.2 Å². The SMILES string of the molecule is CCc1ccc(CNc2ccc(N(C)CCO)cc2)o1. The Kier molecular flexibility index (Phi) is 5.07. The normalized spacial score (nSPS) is 10.6. The predicted molar refractivity (Wildman–Crippen MR) is 82.2 cm³/mol. The van der Waals surface area contributed by atoms with Crippen LogP contribution in [-0.4, -0.2) is 25.3 Å². The molecule has 2 N–H and O–H groups in total. The Morgan fingerprint density at radius 1 is 1.10 bits per heavy atom. The average Bonchev–Trinajstić information content (AvgIpc) is 2.94. The van der Waals surface area contributed by atoms with E-state index < -0.39 is 0 Å². The minimum absolute atomic E-state index is 0.161. The van der Waals surface area contributed by atoms with Crippen LogP contribution in [0.15, 0.2) is 40.8 Å². The van der Waals surface area contributed by atoms with Crippen molar-refractivity contribution in [2.75, 3.05) is 30.4 Å². The largest absolute Gasteiger partial charge is 0.464 e. The van der Waals surface area contributed by atoms with Crippen LogP contribution in [-0.2, 0) is 13.0 Å². The number of furan rings is 1. The smallest absolute Gasteiger partial charge is 0.123 e. The van der Waals surface area contributed by atoms with Crippen LogP contribution in [0.5, 0.6) is 0 Å². The Labute approximate surface area is 120 Å². The van der Waals surface area contributed by atoms with E-state index in [1.807, 2.05) is 48.3 Å². The summed E-state index contributed by atoms with van der Waals surface area (Å²) in [6.07, 6.45) is 0.923. The molecular weight excluding hydrogens is 252 g/mol.